The maximum atomic E-state index is 6.56. The molecule has 0 fully saturated rings. The van der Waals surface area contributed by atoms with Crippen molar-refractivity contribution < 1.29 is 4.42 Å². The van der Waals surface area contributed by atoms with Gasteiger partial charge in [0.2, 0.25) is 0 Å². The molecule has 0 aliphatic rings. The minimum absolute atomic E-state index is 0.619. The van der Waals surface area contributed by atoms with Crippen molar-refractivity contribution in [2.75, 3.05) is 0 Å². The largest absolute Gasteiger partial charge is 0.455 e. The molecule has 0 unspecified atom stereocenters. The Bertz CT molecular complexity index is 2920. The zero-order chi connectivity index (χ0) is 35.1. The summed E-state index contributed by atoms with van der Waals surface area (Å²) in [6, 6.07) is 65.2. The number of fused-ring (bicyclic) bond motifs is 5. The molecule has 2 heterocycles. The zero-order valence-electron chi connectivity index (χ0n) is 28.6. The van der Waals surface area contributed by atoms with E-state index in [2.05, 4.69) is 133 Å². The van der Waals surface area contributed by atoms with Crippen molar-refractivity contribution in [1.29, 1.82) is 0 Å². The summed E-state index contributed by atoms with van der Waals surface area (Å²) in [5, 5.41) is 4.38. The van der Waals surface area contributed by atoms with Crippen LogP contribution in [0.5, 0.6) is 0 Å². The lowest BCUT2D eigenvalue weighted by molar-refractivity contribution is 0.672. The summed E-state index contributed by atoms with van der Waals surface area (Å²) in [5.41, 5.74) is 11.4. The molecule has 0 aliphatic carbocycles. The fourth-order valence-corrected chi connectivity index (χ4v) is 7.27. The third kappa shape index (κ3) is 5.63. The Hall–Kier alpha value is -7.17. The van der Waals surface area contributed by atoms with Crippen molar-refractivity contribution in [1.82, 2.24) is 15.0 Å². The molecule has 248 valence electrons. The first kappa shape index (κ1) is 30.6. The molecular formula is C49H31N3O. The van der Waals surface area contributed by atoms with Crippen LogP contribution >= 0.6 is 0 Å². The number of hydrogen-bond donors (Lipinski definition) is 0. The van der Waals surface area contributed by atoms with Gasteiger partial charge in [0.05, 0.1) is 0 Å². The highest BCUT2D eigenvalue weighted by Gasteiger charge is 2.18. The number of furan rings is 1. The lowest BCUT2D eigenvalue weighted by Gasteiger charge is -2.12. The Morgan fingerprint density at radius 1 is 0.283 bits per heavy atom. The second kappa shape index (κ2) is 12.9. The Morgan fingerprint density at radius 3 is 1.45 bits per heavy atom. The minimum Gasteiger partial charge on any atom is -0.455 e. The maximum Gasteiger partial charge on any atom is 0.164 e. The van der Waals surface area contributed by atoms with Crippen molar-refractivity contribution in [3.8, 4) is 67.5 Å². The van der Waals surface area contributed by atoms with Crippen LogP contribution in [0.2, 0.25) is 0 Å². The van der Waals surface area contributed by atoms with Crippen molar-refractivity contribution in [2.24, 2.45) is 0 Å². The predicted octanol–water partition coefficient (Wildman–Crippen LogP) is 12.9. The van der Waals surface area contributed by atoms with E-state index >= 15 is 0 Å². The summed E-state index contributed by atoms with van der Waals surface area (Å²) in [6.07, 6.45) is 0. The van der Waals surface area contributed by atoms with Crippen LogP contribution in [-0.4, -0.2) is 15.0 Å². The molecule has 10 rings (SSSR count). The highest BCUT2D eigenvalue weighted by atomic mass is 16.3. The van der Waals surface area contributed by atoms with Gasteiger partial charge in [-0.05, 0) is 63.0 Å². The van der Waals surface area contributed by atoms with E-state index < -0.39 is 0 Å². The van der Waals surface area contributed by atoms with E-state index in [0.717, 1.165) is 71.7 Å². The Kier molecular flexibility index (Phi) is 7.43. The van der Waals surface area contributed by atoms with Crippen LogP contribution in [0.4, 0.5) is 0 Å². The van der Waals surface area contributed by atoms with Gasteiger partial charge in [-0.2, -0.15) is 0 Å². The van der Waals surface area contributed by atoms with Gasteiger partial charge < -0.3 is 4.42 Å². The molecule has 0 atom stereocenters. The molecule has 0 saturated carbocycles. The molecule has 4 nitrogen and oxygen atoms in total. The SMILES string of the molecule is c1ccc(-c2ccc(-c3nc(-c4ccccc4)nc(-c4cccc(-c5cc6c7ccccc7oc6c6cc(-c7ccccc7)ccc56)c4)n3)cc2)cc1. The zero-order valence-corrected chi connectivity index (χ0v) is 28.6. The van der Waals surface area contributed by atoms with Crippen LogP contribution in [0.1, 0.15) is 0 Å². The van der Waals surface area contributed by atoms with E-state index in [4.69, 9.17) is 19.4 Å². The van der Waals surface area contributed by atoms with Gasteiger partial charge in [-0.1, -0.05) is 164 Å². The van der Waals surface area contributed by atoms with Gasteiger partial charge in [-0.25, -0.2) is 15.0 Å². The predicted molar refractivity (Wildman–Crippen MR) is 217 cm³/mol. The van der Waals surface area contributed by atoms with Crippen molar-refractivity contribution in [3.05, 3.63) is 188 Å². The molecular weight excluding hydrogens is 647 g/mol. The lowest BCUT2D eigenvalue weighted by atomic mass is 9.92. The normalized spacial score (nSPS) is 11.4. The number of para-hydroxylation sites is 1. The molecule has 0 radical (unpaired) electrons. The van der Waals surface area contributed by atoms with Crippen LogP contribution in [0.3, 0.4) is 0 Å². The number of rotatable bonds is 6. The molecule has 53 heavy (non-hydrogen) atoms. The van der Waals surface area contributed by atoms with Crippen LogP contribution in [0.25, 0.3) is 100 Å². The first-order chi connectivity index (χ1) is 26.2. The summed E-state index contributed by atoms with van der Waals surface area (Å²) < 4.78 is 6.56. The van der Waals surface area contributed by atoms with E-state index in [1.54, 1.807) is 0 Å². The molecule has 0 aliphatic heterocycles. The number of aromatic nitrogens is 3. The van der Waals surface area contributed by atoms with Gasteiger partial charge >= 0.3 is 0 Å². The molecule has 0 amide bonds. The number of nitrogens with zero attached hydrogens (tertiary/aromatic N) is 3. The quantitative estimate of drug-likeness (QED) is 0.176. The maximum absolute atomic E-state index is 6.56. The molecule has 0 N–H and O–H groups in total. The molecule has 0 spiro atoms. The number of benzene rings is 8. The Morgan fingerprint density at radius 2 is 0.755 bits per heavy atom. The van der Waals surface area contributed by atoms with E-state index in [-0.39, 0.29) is 0 Å². The summed E-state index contributed by atoms with van der Waals surface area (Å²) in [7, 11) is 0. The number of hydrogen-bond acceptors (Lipinski definition) is 4. The van der Waals surface area contributed by atoms with Crippen LogP contribution < -0.4 is 0 Å². The van der Waals surface area contributed by atoms with Crippen molar-refractivity contribution >= 4 is 32.7 Å². The summed E-state index contributed by atoms with van der Waals surface area (Å²) in [5.74, 6) is 1.88. The highest BCUT2D eigenvalue weighted by molar-refractivity contribution is 6.19. The van der Waals surface area contributed by atoms with Gasteiger partial charge in [-0.15, -0.1) is 0 Å². The van der Waals surface area contributed by atoms with Gasteiger partial charge in [0.1, 0.15) is 11.2 Å². The molecule has 10 aromatic rings. The van der Waals surface area contributed by atoms with Gasteiger partial charge in [0.25, 0.3) is 0 Å². The van der Waals surface area contributed by atoms with Gasteiger partial charge in [0, 0.05) is 32.8 Å². The van der Waals surface area contributed by atoms with E-state index in [9.17, 15) is 0 Å². The second-order valence-electron chi connectivity index (χ2n) is 13.2. The average molecular weight is 678 g/mol. The molecule has 4 heteroatoms. The summed E-state index contributed by atoms with van der Waals surface area (Å²) in [6.45, 7) is 0. The smallest absolute Gasteiger partial charge is 0.164 e. The molecule has 0 bridgehead atoms. The third-order valence-electron chi connectivity index (χ3n) is 9.93. The fourth-order valence-electron chi connectivity index (χ4n) is 7.27. The summed E-state index contributed by atoms with van der Waals surface area (Å²) in [4.78, 5) is 15.1. The monoisotopic (exact) mass is 677 g/mol. The minimum atomic E-state index is 0.619. The van der Waals surface area contributed by atoms with Crippen LogP contribution in [0, 0.1) is 0 Å². The molecule has 2 aromatic heterocycles. The lowest BCUT2D eigenvalue weighted by Crippen LogP contribution is -2.00. The van der Waals surface area contributed by atoms with Gasteiger partial charge in [0.15, 0.2) is 17.5 Å². The van der Waals surface area contributed by atoms with Crippen molar-refractivity contribution in [2.45, 2.75) is 0 Å². The summed E-state index contributed by atoms with van der Waals surface area (Å²) >= 11 is 0. The standard InChI is InChI=1S/C49H31N3O/c1-4-13-32(14-5-1)34-23-25-36(26-24-34)48-50-47(35-17-8-3-9-18-35)51-49(52-48)39-20-12-19-38(29-39)42-31-44-41-21-10-11-22-45(41)53-46(44)43-30-37(27-28-40(42)43)33-15-6-2-7-16-33/h1-31H. The topological polar surface area (TPSA) is 51.8 Å². The van der Waals surface area contributed by atoms with Crippen LogP contribution in [-0.2, 0) is 0 Å². The van der Waals surface area contributed by atoms with E-state index in [1.165, 1.54) is 11.1 Å². The third-order valence-corrected chi connectivity index (χ3v) is 9.93. The average Bonchev–Trinajstić information content (AvgIpc) is 3.63. The van der Waals surface area contributed by atoms with Crippen molar-refractivity contribution in [3.63, 3.8) is 0 Å². The van der Waals surface area contributed by atoms with Gasteiger partial charge in [-0.3, -0.25) is 0 Å². The van der Waals surface area contributed by atoms with E-state index in [0.29, 0.717) is 17.5 Å². The Labute approximate surface area is 306 Å². The molecule has 0 saturated heterocycles. The van der Waals surface area contributed by atoms with Crippen LogP contribution in [0.15, 0.2) is 192 Å². The van der Waals surface area contributed by atoms with E-state index in [1.807, 2.05) is 54.6 Å². The molecule has 8 aromatic carbocycles. The highest BCUT2D eigenvalue weighted by Crippen LogP contribution is 2.42. The Balaban J connectivity index is 1.14. The first-order valence-electron chi connectivity index (χ1n) is 17.8. The first-order valence-corrected chi connectivity index (χ1v) is 17.8. The fraction of sp³-hybridized carbons (Fsp3) is 0. The second-order valence-corrected chi connectivity index (χ2v) is 13.2.